The van der Waals surface area contributed by atoms with Crippen LogP contribution in [-0.2, 0) is 4.79 Å². The number of piperidine rings is 1. The zero-order chi connectivity index (χ0) is 19.7. The van der Waals surface area contributed by atoms with E-state index in [1.54, 1.807) is 0 Å². The number of hydrogen-bond donors (Lipinski definition) is 0. The van der Waals surface area contributed by atoms with Crippen LogP contribution in [0.3, 0.4) is 0 Å². The highest BCUT2D eigenvalue weighted by molar-refractivity contribution is 5.81. The Labute approximate surface area is 168 Å². The van der Waals surface area contributed by atoms with E-state index in [-0.39, 0.29) is 11.3 Å². The van der Waals surface area contributed by atoms with Gasteiger partial charge >= 0.3 is 0 Å². The van der Waals surface area contributed by atoms with Crippen molar-refractivity contribution in [2.45, 2.75) is 45.4 Å². The summed E-state index contributed by atoms with van der Waals surface area (Å²) < 4.78 is 0. The standard InChI is InChI=1S/C24H31N3O/c1-24(2,3)23(28)26-13-10-19(11-14-26)18-6-8-22(9-7-18)27-16-21(17-27)20-5-4-12-25-15-20/h4-9,12,15,19,21H,10-11,13-14,16-17H2,1-3H3. The number of aromatic nitrogens is 1. The van der Waals surface area contributed by atoms with Gasteiger partial charge in [0.2, 0.25) is 5.91 Å². The van der Waals surface area contributed by atoms with E-state index in [9.17, 15) is 4.79 Å². The Morgan fingerprint density at radius 2 is 1.64 bits per heavy atom. The van der Waals surface area contributed by atoms with Crippen LogP contribution in [0.25, 0.3) is 0 Å². The number of carbonyl (C=O) groups is 1. The highest BCUT2D eigenvalue weighted by Crippen LogP contribution is 2.34. The summed E-state index contributed by atoms with van der Waals surface area (Å²) in [5, 5.41) is 0. The fraction of sp³-hybridized carbons (Fsp3) is 0.500. The first-order chi connectivity index (χ1) is 13.4. The molecule has 2 aliphatic rings. The lowest BCUT2D eigenvalue weighted by molar-refractivity contribution is -0.140. The van der Waals surface area contributed by atoms with Crippen molar-refractivity contribution >= 4 is 11.6 Å². The summed E-state index contributed by atoms with van der Waals surface area (Å²) in [6.45, 7) is 9.91. The van der Waals surface area contributed by atoms with Crippen molar-refractivity contribution in [2.75, 3.05) is 31.1 Å². The van der Waals surface area contributed by atoms with Crippen LogP contribution in [0.2, 0.25) is 0 Å². The molecule has 0 atom stereocenters. The Morgan fingerprint density at radius 3 is 2.21 bits per heavy atom. The van der Waals surface area contributed by atoms with Crippen molar-refractivity contribution < 1.29 is 4.79 Å². The Morgan fingerprint density at radius 1 is 0.964 bits per heavy atom. The van der Waals surface area contributed by atoms with Gasteiger partial charge < -0.3 is 9.80 Å². The predicted octanol–water partition coefficient (Wildman–Crippen LogP) is 4.44. The van der Waals surface area contributed by atoms with Crippen LogP contribution in [0.4, 0.5) is 5.69 Å². The summed E-state index contributed by atoms with van der Waals surface area (Å²) in [6, 6.07) is 13.3. The van der Waals surface area contributed by atoms with Gasteiger partial charge in [0.05, 0.1) is 0 Å². The monoisotopic (exact) mass is 377 g/mol. The second-order valence-electron chi connectivity index (χ2n) is 9.30. The van der Waals surface area contributed by atoms with Crippen LogP contribution in [0.1, 0.15) is 56.6 Å². The van der Waals surface area contributed by atoms with E-state index in [1.165, 1.54) is 16.8 Å². The molecule has 0 bridgehead atoms. The average molecular weight is 378 g/mol. The van der Waals surface area contributed by atoms with E-state index in [4.69, 9.17) is 0 Å². The summed E-state index contributed by atoms with van der Waals surface area (Å²) in [5.41, 5.74) is 3.78. The normalized spacial score (nSPS) is 18.8. The number of hydrogen-bond acceptors (Lipinski definition) is 3. The molecule has 2 fully saturated rings. The van der Waals surface area contributed by atoms with Gasteiger partial charge in [0.25, 0.3) is 0 Å². The number of nitrogens with zero attached hydrogens (tertiary/aromatic N) is 3. The molecule has 3 heterocycles. The van der Waals surface area contributed by atoms with Crippen LogP contribution in [0, 0.1) is 5.41 Å². The second kappa shape index (κ2) is 7.57. The molecule has 0 aliphatic carbocycles. The Kier molecular flexibility index (Phi) is 5.13. The highest BCUT2D eigenvalue weighted by atomic mass is 16.2. The number of likely N-dealkylation sites (tertiary alicyclic amines) is 1. The minimum Gasteiger partial charge on any atom is -0.370 e. The first kappa shape index (κ1) is 19.0. The average Bonchev–Trinajstić information content (AvgIpc) is 2.67. The molecule has 0 radical (unpaired) electrons. The third-order valence-electron chi connectivity index (χ3n) is 6.19. The van der Waals surface area contributed by atoms with E-state index >= 15 is 0 Å². The molecule has 0 unspecified atom stereocenters. The van der Waals surface area contributed by atoms with Crippen molar-refractivity contribution in [1.29, 1.82) is 0 Å². The number of carbonyl (C=O) groups excluding carboxylic acids is 1. The molecule has 1 amide bonds. The molecule has 4 nitrogen and oxygen atoms in total. The third kappa shape index (κ3) is 3.91. The van der Waals surface area contributed by atoms with E-state index in [2.05, 4.69) is 40.2 Å². The van der Waals surface area contributed by atoms with Crippen molar-refractivity contribution in [2.24, 2.45) is 5.41 Å². The lowest BCUT2D eigenvalue weighted by Crippen LogP contribution is -2.45. The van der Waals surface area contributed by atoms with E-state index in [0.717, 1.165) is 39.0 Å². The lowest BCUT2D eigenvalue weighted by atomic mass is 9.87. The summed E-state index contributed by atoms with van der Waals surface area (Å²) in [6.07, 6.45) is 5.95. The zero-order valence-corrected chi connectivity index (χ0v) is 17.3. The van der Waals surface area contributed by atoms with E-state index < -0.39 is 0 Å². The summed E-state index contributed by atoms with van der Waals surface area (Å²) >= 11 is 0. The van der Waals surface area contributed by atoms with Gasteiger partial charge in [0, 0.05) is 55.6 Å². The number of pyridine rings is 1. The number of anilines is 1. The van der Waals surface area contributed by atoms with Gasteiger partial charge in [0.1, 0.15) is 0 Å². The summed E-state index contributed by atoms with van der Waals surface area (Å²) in [4.78, 5) is 21.2. The van der Waals surface area contributed by atoms with E-state index in [0.29, 0.717) is 11.8 Å². The van der Waals surface area contributed by atoms with Crippen LogP contribution in [-0.4, -0.2) is 42.0 Å². The zero-order valence-electron chi connectivity index (χ0n) is 17.3. The SMILES string of the molecule is CC(C)(C)C(=O)N1CCC(c2ccc(N3CC(c4cccnc4)C3)cc2)CC1. The predicted molar refractivity (Wildman–Crippen MR) is 114 cm³/mol. The van der Waals surface area contributed by atoms with Crippen LogP contribution in [0.15, 0.2) is 48.8 Å². The van der Waals surface area contributed by atoms with Crippen molar-refractivity contribution in [1.82, 2.24) is 9.88 Å². The minimum absolute atomic E-state index is 0.278. The molecule has 0 spiro atoms. The van der Waals surface area contributed by atoms with Gasteiger partial charge in [-0.05, 0) is 48.1 Å². The van der Waals surface area contributed by atoms with Gasteiger partial charge in [-0.1, -0.05) is 39.0 Å². The molecule has 0 saturated carbocycles. The summed E-state index contributed by atoms with van der Waals surface area (Å²) in [7, 11) is 0. The Hall–Kier alpha value is -2.36. The molecule has 2 aliphatic heterocycles. The summed E-state index contributed by atoms with van der Waals surface area (Å²) in [5.74, 6) is 1.44. The third-order valence-corrected chi connectivity index (χ3v) is 6.19. The van der Waals surface area contributed by atoms with Gasteiger partial charge in [-0.2, -0.15) is 0 Å². The maximum atomic E-state index is 12.5. The highest BCUT2D eigenvalue weighted by Gasteiger charge is 2.31. The fourth-order valence-electron chi connectivity index (χ4n) is 4.37. The van der Waals surface area contributed by atoms with Gasteiger partial charge in [0.15, 0.2) is 0 Å². The first-order valence-corrected chi connectivity index (χ1v) is 10.5. The first-order valence-electron chi connectivity index (χ1n) is 10.5. The Balaban J connectivity index is 1.31. The molecule has 28 heavy (non-hydrogen) atoms. The fourth-order valence-corrected chi connectivity index (χ4v) is 4.37. The smallest absolute Gasteiger partial charge is 0.227 e. The largest absolute Gasteiger partial charge is 0.370 e. The molecule has 148 valence electrons. The number of rotatable bonds is 3. The minimum atomic E-state index is -0.278. The van der Waals surface area contributed by atoms with Gasteiger partial charge in [-0.25, -0.2) is 0 Å². The van der Waals surface area contributed by atoms with Crippen molar-refractivity contribution in [3.05, 3.63) is 59.9 Å². The van der Waals surface area contributed by atoms with E-state index in [1.807, 2.05) is 44.1 Å². The van der Waals surface area contributed by atoms with Crippen molar-refractivity contribution in [3.63, 3.8) is 0 Å². The molecular weight excluding hydrogens is 346 g/mol. The number of benzene rings is 1. The Bertz CT molecular complexity index is 796. The maximum absolute atomic E-state index is 12.5. The molecule has 2 aromatic rings. The molecule has 4 heteroatoms. The van der Waals surface area contributed by atoms with Crippen molar-refractivity contribution in [3.8, 4) is 0 Å². The lowest BCUT2D eigenvalue weighted by Gasteiger charge is -2.41. The van der Waals surface area contributed by atoms with Crippen LogP contribution >= 0.6 is 0 Å². The molecule has 2 saturated heterocycles. The number of amides is 1. The molecule has 1 aromatic heterocycles. The second-order valence-corrected chi connectivity index (χ2v) is 9.30. The molecule has 0 N–H and O–H groups in total. The van der Waals surface area contributed by atoms with Crippen LogP contribution in [0.5, 0.6) is 0 Å². The van der Waals surface area contributed by atoms with Gasteiger partial charge in [-0.15, -0.1) is 0 Å². The van der Waals surface area contributed by atoms with Gasteiger partial charge in [-0.3, -0.25) is 9.78 Å². The quantitative estimate of drug-likeness (QED) is 0.793. The molecule has 4 rings (SSSR count). The topological polar surface area (TPSA) is 36.4 Å². The maximum Gasteiger partial charge on any atom is 0.227 e. The van der Waals surface area contributed by atoms with Crippen LogP contribution < -0.4 is 4.90 Å². The molecule has 1 aromatic carbocycles. The molecular formula is C24H31N3O.